The summed E-state index contributed by atoms with van der Waals surface area (Å²) in [5.41, 5.74) is 1.67. The fourth-order valence-corrected chi connectivity index (χ4v) is 4.96. The van der Waals surface area contributed by atoms with Crippen molar-refractivity contribution in [1.82, 2.24) is 4.31 Å². The Morgan fingerprint density at radius 1 is 1.15 bits per heavy atom. The van der Waals surface area contributed by atoms with E-state index in [0.717, 1.165) is 11.1 Å². The minimum atomic E-state index is -3.56. The van der Waals surface area contributed by atoms with Crippen LogP contribution < -0.4 is 9.47 Å². The zero-order valence-corrected chi connectivity index (χ0v) is 17.0. The van der Waals surface area contributed by atoms with Crippen molar-refractivity contribution in [3.63, 3.8) is 0 Å². The van der Waals surface area contributed by atoms with Crippen LogP contribution in [-0.4, -0.2) is 66.0 Å². The van der Waals surface area contributed by atoms with Crippen molar-refractivity contribution in [3.05, 3.63) is 23.3 Å². The lowest BCUT2D eigenvalue weighted by molar-refractivity contribution is -0.141. The van der Waals surface area contributed by atoms with Crippen LogP contribution in [0.5, 0.6) is 11.5 Å². The predicted molar refractivity (Wildman–Crippen MR) is 99.6 cm³/mol. The smallest absolute Gasteiger partial charge is 0.307 e. The summed E-state index contributed by atoms with van der Waals surface area (Å²) in [5, 5.41) is 0. The number of sulfonamides is 1. The van der Waals surface area contributed by atoms with E-state index >= 15 is 0 Å². The highest BCUT2D eigenvalue weighted by Crippen LogP contribution is 2.40. The van der Waals surface area contributed by atoms with Crippen molar-refractivity contribution in [2.24, 2.45) is 0 Å². The molecule has 1 aromatic carbocycles. The Labute approximate surface area is 160 Å². The highest BCUT2D eigenvalue weighted by atomic mass is 32.2. The SMILES string of the molecule is COCCCS(=O)(=O)N1CCc2cc(OC)c(OC)cc2C1CC(=O)OC. The van der Waals surface area contributed by atoms with Gasteiger partial charge in [0.1, 0.15) is 0 Å². The third-order valence-corrected chi connectivity index (χ3v) is 6.61. The molecule has 1 atom stereocenters. The molecule has 0 radical (unpaired) electrons. The number of rotatable bonds is 9. The Morgan fingerprint density at radius 3 is 2.41 bits per heavy atom. The molecule has 0 saturated carbocycles. The zero-order valence-electron chi connectivity index (χ0n) is 16.2. The van der Waals surface area contributed by atoms with Crippen LogP contribution in [0, 0.1) is 0 Å². The highest BCUT2D eigenvalue weighted by molar-refractivity contribution is 7.89. The topological polar surface area (TPSA) is 91.4 Å². The van der Waals surface area contributed by atoms with E-state index in [1.165, 1.54) is 25.6 Å². The van der Waals surface area contributed by atoms with Gasteiger partial charge in [-0.15, -0.1) is 0 Å². The van der Waals surface area contributed by atoms with Crippen LogP contribution in [0.1, 0.15) is 30.0 Å². The quantitative estimate of drug-likeness (QED) is 0.458. The fourth-order valence-electron chi connectivity index (χ4n) is 3.29. The van der Waals surface area contributed by atoms with E-state index in [1.54, 1.807) is 13.2 Å². The number of carbonyl (C=O) groups excluding carboxylic acids is 1. The monoisotopic (exact) mass is 401 g/mol. The number of hydrogen-bond donors (Lipinski definition) is 0. The lowest BCUT2D eigenvalue weighted by Crippen LogP contribution is -2.42. The Hall–Kier alpha value is -1.84. The van der Waals surface area contributed by atoms with E-state index in [4.69, 9.17) is 18.9 Å². The van der Waals surface area contributed by atoms with Crippen molar-refractivity contribution < 1.29 is 32.2 Å². The van der Waals surface area contributed by atoms with Crippen LogP contribution in [0.4, 0.5) is 0 Å². The molecule has 0 aromatic heterocycles. The molecular weight excluding hydrogens is 374 g/mol. The molecule has 0 saturated heterocycles. The van der Waals surface area contributed by atoms with Crippen molar-refractivity contribution >= 4 is 16.0 Å². The standard InChI is InChI=1S/C18H27NO7S/c1-23-8-5-9-27(21,22)19-7-6-13-10-16(24-2)17(25-3)11-14(13)15(19)12-18(20)26-4/h10-11,15H,5-9,12H2,1-4H3. The highest BCUT2D eigenvalue weighted by Gasteiger charge is 2.37. The largest absolute Gasteiger partial charge is 0.493 e. The van der Waals surface area contributed by atoms with Crippen LogP contribution in [0.15, 0.2) is 12.1 Å². The maximum absolute atomic E-state index is 12.9. The molecule has 1 aliphatic heterocycles. The number of hydrogen-bond acceptors (Lipinski definition) is 7. The average Bonchev–Trinajstić information content (AvgIpc) is 2.66. The lowest BCUT2D eigenvalue weighted by atomic mass is 9.91. The maximum Gasteiger partial charge on any atom is 0.307 e. The summed E-state index contributed by atoms with van der Waals surface area (Å²) in [6.45, 7) is 0.649. The minimum absolute atomic E-state index is 0.0405. The fraction of sp³-hybridized carbons (Fsp3) is 0.611. The minimum Gasteiger partial charge on any atom is -0.493 e. The number of ether oxygens (including phenoxy) is 4. The number of nitrogens with zero attached hydrogens (tertiary/aromatic N) is 1. The van der Waals surface area contributed by atoms with E-state index in [1.807, 2.05) is 6.07 Å². The van der Waals surface area contributed by atoms with Gasteiger partial charge < -0.3 is 18.9 Å². The Balaban J connectivity index is 2.44. The predicted octanol–water partition coefficient (Wildman–Crippen LogP) is 1.53. The molecule has 8 nitrogen and oxygen atoms in total. The summed E-state index contributed by atoms with van der Waals surface area (Å²) in [7, 11) is 2.32. The van der Waals surface area contributed by atoms with E-state index in [9.17, 15) is 13.2 Å². The molecule has 0 bridgehead atoms. The Bertz CT molecular complexity index is 763. The van der Waals surface area contributed by atoms with Gasteiger partial charge in [0.2, 0.25) is 10.0 Å². The molecule has 1 aromatic rings. The number of carbonyl (C=O) groups is 1. The molecule has 1 unspecified atom stereocenters. The van der Waals surface area contributed by atoms with Crippen molar-refractivity contribution in [3.8, 4) is 11.5 Å². The van der Waals surface area contributed by atoms with Crippen LogP contribution in [0.25, 0.3) is 0 Å². The third kappa shape index (κ3) is 4.91. The first-order valence-electron chi connectivity index (χ1n) is 8.68. The first-order chi connectivity index (χ1) is 12.9. The first-order valence-corrected chi connectivity index (χ1v) is 10.3. The lowest BCUT2D eigenvalue weighted by Gasteiger charge is -2.36. The van der Waals surface area contributed by atoms with Crippen LogP contribution in [-0.2, 0) is 30.7 Å². The summed E-state index contributed by atoms with van der Waals surface area (Å²) < 4.78 is 47.6. The van der Waals surface area contributed by atoms with Gasteiger partial charge in [-0.2, -0.15) is 4.31 Å². The van der Waals surface area contributed by atoms with Crippen molar-refractivity contribution in [1.29, 1.82) is 0 Å². The Kier molecular flexibility index (Phi) is 7.46. The second-order valence-electron chi connectivity index (χ2n) is 6.23. The van der Waals surface area contributed by atoms with E-state index < -0.39 is 22.0 Å². The number of esters is 1. The van der Waals surface area contributed by atoms with E-state index in [-0.39, 0.29) is 12.2 Å². The summed E-state index contributed by atoms with van der Waals surface area (Å²) in [4.78, 5) is 12.0. The molecule has 1 heterocycles. The van der Waals surface area contributed by atoms with Crippen molar-refractivity contribution in [2.45, 2.75) is 25.3 Å². The molecule has 0 spiro atoms. The molecule has 0 aliphatic carbocycles. The number of methoxy groups -OCH3 is 4. The van der Waals surface area contributed by atoms with Gasteiger partial charge in [0, 0.05) is 20.3 Å². The number of benzene rings is 1. The van der Waals surface area contributed by atoms with Crippen LogP contribution in [0.2, 0.25) is 0 Å². The first kappa shape index (κ1) is 21.5. The van der Waals surface area contributed by atoms with Crippen molar-refractivity contribution in [2.75, 3.05) is 47.3 Å². The molecule has 9 heteroatoms. The summed E-state index contributed by atoms with van der Waals surface area (Å²) in [6, 6.07) is 2.94. The molecule has 1 aliphatic rings. The molecule has 2 rings (SSSR count). The molecule has 0 fully saturated rings. The van der Waals surface area contributed by atoms with E-state index in [0.29, 0.717) is 37.5 Å². The second kappa shape index (κ2) is 9.38. The molecular formula is C18H27NO7S. The van der Waals surface area contributed by atoms with Gasteiger partial charge >= 0.3 is 5.97 Å². The van der Waals surface area contributed by atoms with Gasteiger partial charge in [-0.25, -0.2) is 8.42 Å². The van der Waals surface area contributed by atoms with E-state index in [2.05, 4.69) is 0 Å². The number of fused-ring (bicyclic) bond motifs is 1. The zero-order chi connectivity index (χ0) is 20.0. The normalized spacial score (nSPS) is 17.3. The third-order valence-electron chi connectivity index (χ3n) is 4.65. The van der Waals surface area contributed by atoms with Gasteiger partial charge in [-0.1, -0.05) is 0 Å². The average molecular weight is 401 g/mol. The van der Waals surface area contributed by atoms with Gasteiger partial charge in [0.25, 0.3) is 0 Å². The van der Waals surface area contributed by atoms with Gasteiger partial charge in [-0.3, -0.25) is 4.79 Å². The van der Waals surface area contributed by atoms with Crippen LogP contribution in [0.3, 0.4) is 0 Å². The molecule has 152 valence electrons. The molecule has 27 heavy (non-hydrogen) atoms. The maximum atomic E-state index is 12.9. The second-order valence-corrected chi connectivity index (χ2v) is 8.27. The Morgan fingerprint density at radius 2 is 1.81 bits per heavy atom. The summed E-state index contributed by atoms with van der Waals surface area (Å²) in [6.07, 6.45) is 0.846. The molecule has 0 amide bonds. The van der Waals surface area contributed by atoms with Crippen LogP contribution >= 0.6 is 0 Å². The van der Waals surface area contributed by atoms with Gasteiger partial charge in [-0.05, 0) is 36.1 Å². The van der Waals surface area contributed by atoms with Gasteiger partial charge in [0.15, 0.2) is 11.5 Å². The van der Waals surface area contributed by atoms with Gasteiger partial charge in [0.05, 0.1) is 39.5 Å². The summed E-state index contributed by atoms with van der Waals surface area (Å²) >= 11 is 0. The molecule has 0 N–H and O–H groups in total. The summed E-state index contributed by atoms with van der Waals surface area (Å²) in [5.74, 6) is 0.551.